The summed E-state index contributed by atoms with van der Waals surface area (Å²) in [6.07, 6.45) is 1.75. The van der Waals surface area contributed by atoms with Gasteiger partial charge in [0.2, 0.25) is 0 Å². The molecule has 1 atom stereocenters. The molecular weight excluding hydrogens is 363 g/mol. The molecule has 0 aliphatic rings. The summed E-state index contributed by atoms with van der Waals surface area (Å²) in [7, 11) is -1.20. The number of rotatable bonds is 4. The van der Waals surface area contributed by atoms with Crippen molar-refractivity contribution in [1.82, 2.24) is 9.55 Å². The van der Waals surface area contributed by atoms with Crippen LogP contribution in [0.3, 0.4) is 0 Å². The Kier molecular flexibility index (Phi) is 6.07. The number of halogens is 2. The average molecular weight is 383 g/mol. The average Bonchev–Trinajstić information content (AvgIpc) is 2.80. The third kappa shape index (κ3) is 3.37. The first kappa shape index (κ1) is 19.0. The zero-order valence-corrected chi connectivity index (χ0v) is 16.3. The number of benzene rings is 1. The molecule has 3 rings (SSSR count). The molecule has 2 heterocycles. The van der Waals surface area contributed by atoms with Crippen LogP contribution in [0.15, 0.2) is 41.6 Å². The van der Waals surface area contributed by atoms with Gasteiger partial charge in [0, 0.05) is 28.8 Å². The summed E-state index contributed by atoms with van der Waals surface area (Å²) in [4.78, 5) is 4.44. The quantitative estimate of drug-likeness (QED) is 0.632. The number of aryl methyl sites for hydroxylation is 2. The molecule has 1 aromatic carbocycles. The molecule has 0 N–H and O–H groups in total. The maximum atomic E-state index is 12.9. The smallest absolute Gasteiger partial charge is 0.151 e. The van der Waals surface area contributed by atoms with Crippen LogP contribution >= 0.6 is 24.0 Å². The van der Waals surface area contributed by atoms with Crippen molar-refractivity contribution in [2.75, 3.05) is 0 Å². The first-order valence-electron chi connectivity index (χ1n) is 7.60. The van der Waals surface area contributed by atoms with Gasteiger partial charge < -0.3 is 4.57 Å². The summed E-state index contributed by atoms with van der Waals surface area (Å²) < 4.78 is 15.1. The van der Waals surface area contributed by atoms with Gasteiger partial charge in [0.25, 0.3) is 0 Å². The van der Waals surface area contributed by atoms with E-state index in [-0.39, 0.29) is 12.4 Å². The van der Waals surface area contributed by atoms with E-state index in [0.717, 1.165) is 23.0 Å². The predicted molar refractivity (Wildman–Crippen MR) is 104 cm³/mol. The maximum Gasteiger partial charge on any atom is 0.151 e. The third-order valence-corrected chi connectivity index (χ3v) is 5.83. The van der Waals surface area contributed by atoms with Gasteiger partial charge in [-0.3, -0.25) is 4.21 Å². The van der Waals surface area contributed by atoms with Gasteiger partial charge in [-0.15, -0.1) is 12.4 Å². The molecule has 3 aromatic rings. The van der Waals surface area contributed by atoms with Gasteiger partial charge in [0.1, 0.15) is 0 Å². The van der Waals surface area contributed by atoms with Gasteiger partial charge >= 0.3 is 0 Å². The topological polar surface area (TPSA) is 34.9 Å². The summed E-state index contributed by atoms with van der Waals surface area (Å²) in [5.74, 6) is 0.441. The second-order valence-electron chi connectivity index (χ2n) is 5.58. The van der Waals surface area contributed by atoms with Crippen molar-refractivity contribution < 1.29 is 4.21 Å². The molecule has 128 valence electrons. The van der Waals surface area contributed by atoms with Crippen LogP contribution in [0.2, 0.25) is 5.02 Å². The molecule has 0 aliphatic carbocycles. The van der Waals surface area contributed by atoms with Crippen molar-refractivity contribution in [2.45, 2.75) is 38.1 Å². The Labute approximate surface area is 155 Å². The van der Waals surface area contributed by atoms with Crippen LogP contribution in [0.5, 0.6) is 0 Å². The Morgan fingerprint density at radius 3 is 2.46 bits per heavy atom. The Balaban J connectivity index is 0.00000208. The zero-order chi connectivity index (χ0) is 16.6. The van der Waals surface area contributed by atoms with E-state index in [2.05, 4.69) is 30.3 Å². The summed E-state index contributed by atoms with van der Waals surface area (Å²) in [6.45, 7) is 7.15. The predicted octanol–water partition coefficient (Wildman–Crippen LogP) is 5.06. The normalized spacial score (nSPS) is 12.2. The van der Waals surface area contributed by atoms with E-state index in [1.807, 2.05) is 30.3 Å². The molecule has 2 aromatic heterocycles. The van der Waals surface area contributed by atoms with E-state index >= 15 is 0 Å². The fraction of sp³-hybridized carbons (Fsp3) is 0.278. The van der Waals surface area contributed by atoms with E-state index in [9.17, 15) is 4.21 Å². The Hall–Kier alpha value is -1.36. The molecule has 0 saturated heterocycles. The van der Waals surface area contributed by atoms with E-state index in [0.29, 0.717) is 15.8 Å². The van der Waals surface area contributed by atoms with Crippen molar-refractivity contribution in [3.8, 4) is 0 Å². The minimum Gasteiger partial charge on any atom is -0.343 e. The number of fused-ring (bicyclic) bond motifs is 1. The van der Waals surface area contributed by atoms with Crippen LogP contribution in [-0.2, 0) is 23.1 Å². The van der Waals surface area contributed by atoms with E-state index in [1.165, 1.54) is 11.3 Å². The molecule has 0 fully saturated rings. The lowest BCUT2D eigenvalue weighted by atomic mass is 10.2. The summed E-state index contributed by atoms with van der Waals surface area (Å²) in [6, 6.07) is 9.48. The van der Waals surface area contributed by atoms with Crippen molar-refractivity contribution in [1.29, 1.82) is 0 Å². The van der Waals surface area contributed by atoms with E-state index in [1.54, 1.807) is 6.20 Å². The van der Waals surface area contributed by atoms with Crippen molar-refractivity contribution in [3.05, 3.63) is 58.4 Å². The highest BCUT2D eigenvalue weighted by Crippen LogP contribution is 2.29. The molecule has 6 heteroatoms. The largest absolute Gasteiger partial charge is 0.343 e. The summed E-state index contributed by atoms with van der Waals surface area (Å²) in [5.41, 5.74) is 4.43. The molecule has 0 saturated carbocycles. The number of pyridine rings is 1. The third-order valence-electron chi connectivity index (χ3n) is 4.26. The molecule has 3 nitrogen and oxygen atoms in total. The fourth-order valence-electron chi connectivity index (χ4n) is 2.93. The number of aromatic nitrogens is 2. The van der Waals surface area contributed by atoms with Crippen LogP contribution in [-0.4, -0.2) is 13.8 Å². The van der Waals surface area contributed by atoms with Crippen molar-refractivity contribution in [2.24, 2.45) is 0 Å². The van der Waals surface area contributed by atoms with Gasteiger partial charge in [-0.2, -0.15) is 0 Å². The van der Waals surface area contributed by atoms with Gasteiger partial charge in [-0.1, -0.05) is 23.7 Å². The summed E-state index contributed by atoms with van der Waals surface area (Å²) >= 11 is 5.91. The van der Waals surface area contributed by atoms with Crippen molar-refractivity contribution >= 4 is 45.7 Å². The zero-order valence-electron chi connectivity index (χ0n) is 13.9. The number of hydrogen-bond acceptors (Lipinski definition) is 2. The van der Waals surface area contributed by atoms with E-state index < -0.39 is 10.8 Å². The van der Waals surface area contributed by atoms with Crippen molar-refractivity contribution in [3.63, 3.8) is 0 Å². The van der Waals surface area contributed by atoms with Crippen LogP contribution in [0.4, 0.5) is 0 Å². The monoisotopic (exact) mass is 382 g/mol. The Morgan fingerprint density at radius 2 is 1.83 bits per heavy atom. The second kappa shape index (κ2) is 7.68. The lowest BCUT2D eigenvalue weighted by Crippen LogP contribution is -2.04. The Morgan fingerprint density at radius 1 is 1.17 bits per heavy atom. The fourth-order valence-corrected chi connectivity index (χ4v) is 4.30. The highest BCUT2D eigenvalue weighted by molar-refractivity contribution is 7.84. The molecule has 0 aliphatic heterocycles. The van der Waals surface area contributed by atoms with Crippen LogP contribution < -0.4 is 0 Å². The first-order chi connectivity index (χ1) is 11.0. The van der Waals surface area contributed by atoms with Gasteiger partial charge in [-0.05, 0) is 50.1 Å². The minimum absolute atomic E-state index is 0. The highest BCUT2D eigenvalue weighted by Gasteiger charge is 2.18. The van der Waals surface area contributed by atoms with Gasteiger partial charge in [0.15, 0.2) is 5.03 Å². The van der Waals surface area contributed by atoms with Crippen LogP contribution in [0.25, 0.3) is 10.9 Å². The van der Waals surface area contributed by atoms with Gasteiger partial charge in [-0.25, -0.2) is 4.98 Å². The molecule has 0 spiro atoms. The van der Waals surface area contributed by atoms with Gasteiger partial charge in [0.05, 0.1) is 22.1 Å². The Bertz CT molecular complexity index is 888. The maximum absolute atomic E-state index is 12.9. The lowest BCUT2D eigenvalue weighted by molar-refractivity contribution is 0.679. The van der Waals surface area contributed by atoms with Crippen LogP contribution in [0, 0.1) is 13.8 Å². The molecule has 0 amide bonds. The lowest BCUT2D eigenvalue weighted by Gasteiger charge is -2.08. The standard InChI is InChI=1S/C18H19ClN2OS.ClH/c1-4-21-13(3)12(2)16-9-10-20-18(17(16)21)23(22)11-14-5-7-15(19)8-6-14;/h5-10H,4,11H2,1-3H3;1H. The molecular formula is C18H20Cl2N2OS. The minimum atomic E-state index is -1.20. The molecule has 1 unspecified atom stereocenters. The molecule has 0 radical (unpaired) electrons. The number of nitrogens with zero attached hydrogens (tertiary/aromatic N) is 2. The molecule has 0 bridgehead atoms. The van der Waals surface area contributed by atoms with Crippen LogP contribution in [0.1, 0.15) is 23.7 Å². The van der Waals surface area contributed by atoms with E-state index in [4.69, 9.17) is 11.6 Å². The number of hydrogen-bond donors (Lipinski definition) is 0. The SMILES string of the molecule is CCn1c(C)c(C)c2ccnc(S(=O)Cc3ccc(Cl)cc3)c21.Cl. The highest BCUT2D eigenvalue weighted by atomic mass is 35.5. The first-order valence-corrected chi connectivity index (χ1v) is 9.29. The molecule has 24 heavy (non-hydrogen) atoms. The summed E-state index contributed by atoms with van der Waals surface area (Å²) in [5, 5.41) is 2.49. The second-order valence-corrected chi connectivity index (χ2v) is 7.39.